The molecule has 2 aromatic carbocycles. The Labute approximate surface area is 180 Å². The molecule has 0 saturated carbocycles. The topological polar surface area (TPSA) is 88.8 Å². The van der Waals surface area contributed by atoms with Crippen LogP contribution in [0.2, 0.25) is 0 Å². The molecule has 3 N–H and O–H groups in total. The molecule has 0 radical (unpaired) electrons. The third kappa shape index (κ3) is 4.31. The second-order valence-corrected chi connectivity index (χ2v) is 7.78. The first kappa shape index (κ1) is 20.3. The van der Waals surface area contributed by atoms with Crippen LogP contribution < -0.4 is 5.73 Å². The molecule has 1 amide bonds. The van der Waals surface area contributed by atoms with Crippen molar-refractivity contribution in [3.63, 3.8) is 0 Å². The minimum atomic E-state index is -0.502. The maximum absolute atomic E-state index is 12.8. The maximum atomic E-state index is 12.8. The second kappa shape index (κ2) is 8.40. The van der Waals surface area contributed by atoms with Crippen LogP contribution in [0.25, 0.3) is 28.2 Å². The van der Waals surface area contributed by atoms with Gasteiger partial charge in [0.05, 0.1) is 0 Å². The van der Waals surface area contributed by atoms with Gasteiger partial charge in [-0.3, -0.25) is 9.59 Å². The molecule has 0 atom stereocenters. The normalized spacial score (nSPS) is 11.5. The summed E-state index contributed by atoms with van der Waals surface area (Å²) in [5.41, 5.74) is 11.2. The number of nitrogens with one attached hydrogen (secondary N) is 1. The fraction of sp³-hybridized carbons (Fsp3) is 0.115. The summed E-state index contributed by atoms with van der Waals surface area (Å²) in [4.78, 5) is 31.4. The quantitative estimate of drug-likeness (QED) is 0.344. The Kier molecular flexibility index (Phi) is 5.50. The molecule has 31 heavy (non-hydrogen) atoms. The van der Waals surface area contributed by atoms with E-state index in [1.807, 2.05) is 54.6 Å². The number of nitrogens with two attached hydrogens (primary N) is 1. The number of rotatable bonds is 6. The molecule has 0 unspecified atom stereocenters. The molecule has 0 aliphatic rings. The van der Waals surface area contributed by atoms with E-state index < -0.39 is 5.91 Å². The van der Waals surface area contributed by atoms with Gasteiger partial charge >= 0.3 is 0 Å². The Morgan fingerprint density at radius 2 is 1.61 bits per heavy atom. The lowest BCUT2D eigenvalue weighted by Crippen LogP contribution is -2.04. The Bertz CT molecular complexity index is 1280. The van der Waals surface area contributed by atoms with Crippen molar-refractivity contribution >= 4 is 28.8 Å². The number of ketones is 1. The molecule has 5 heteroatoms. The molecule has 0 saturated heterocycles. The monoisotopic (exact) mass is 409 g/mol. The summed E-state index contributed by atoms with van der Waals surface area (Å²) in [6.45, 7) is 4.26. The molecule has 0 aliphatic heterocycles. The van der Waals surface area contributed by atoms with Crippen LogP contribution in [0.3, 0.4) is 0 Å². The standard InChI is InChI=1S/C26H23N3O2/c1-16(2)17-3-7-19(8-4-17)25(31)20-9-5-18(6-10-20)22-13-23-21(11-12-24(27)30)14-28-26(23)29-15-22/h3-16H,1-2H3,(H2,27,30)(H,28,29). The molecule has 0 spiro atoms. The van der Waals surface area contributed by atoms with Gasteiger partial charge in [0, 0.05) is 46.1 Å². The van der Waals surface area contributed by atoms with Crippen molar-refractivity contribution in [3.05, 3.63) is 95.3 Å². The Balaban J connectivity index is 1.60. The SMILES string of the molecule is CC(C)c1ccc(C(=O)c2ccc(-c3cnc4[nH]cc(C=CC(N)=O)c4c3)cc2)cc1. The molecule has 2 aromatic heterocycles. The van der Waals surface area contributed by atoms with Crippen LogP contribution in [0.1, 0.15) is 46.8 Å². The van der Waals surface area contributed by atoms with Crippen LogP contribution in [0.15, 0.2) is 73.1 Å². The first-order valence-corrected chi connectivity index (χ1v) is 10.1. The van der Waals surface area contributed by atoms with Crippen molar-refractivity contribution in [2.45, 2.75) is 19.8 Å². The summed E-state index contributed by atoms with van der Waals surface area (Å²) in [5, 5.41) is 0.889. The van der Waals surface area contributed by atoms with Crippen LogP contribution in [0.5, 0.6) is 0 Å². The number of carbonyl (C=O) groups excluding carboxylic acids is 2. The van der Waals surface area contributed by atoms with E-state index in [1.165, 1.54) is 11.6 Å². The minimum Gasteiger partial charge on any atom is -0.366 e. The first-order valence-electron chi connectivity index (χ1n) is 10.1. The third-order valence-corrected chi connectivity index (χ3v) is 5.31. The first-order chi connectivity index (χ1) is 14.9. The Hall–Kier alpha value is -3.99. The largest absolute Gasteiger partial charge is 0.366 e. The van der Waals surface area contributed by atoms with Gasteiger partial charge in [-0.1, -0.05) is 62.4 Å². The molecule has 0 aliphatic carbocycles. The number of H-pyrrole nitrogens is 1. The number of pyridine rings is 1. The molecular formula is C26H23N3O2. The summed E-state index contributed by atoms with van der Waals surface area (Å²) >= 11 is 0. The van der Waals surface area contributed by atoms with E-state index in [9.17, 15) is 9.59 Å². The molecule has 0 fully saturated rings. The van der Waals surface area contributed by atoms with Gasteiger partial charge in [-0.2, -0.15) is 0 Å². The summed E-state index contributed by atoms with van der Waals surface area (Å²) < 4.78 is 0. The number of fused-ring (bicyclic) bond motifs is 1. The highest BCUT2D eigenvalue weighted by Gasteiger charge is 2.11. The Morgan fingerprint density at radius 3 is 2.23 bits per heavy atom. The third-order valence-electron chi connectivity index (χ3n) is 5.31. The number of amides is 1. The molecule has 2 heterocycles. The van der Waals surface area contributed by atoms with Gasteiger partial charge in [0.15, 0.2) is 5.78 Å². The molecule has 4 aromatic rings. The lowest BCUT2D eigenvalue weighted by Gasteiger charge is -2.07. The van der Waals surface area contributed by atoms with Gasteiger partial charge in [-0.25, -0.2) is 4.98 Å². The zero-order valence-electron chi connectivity index (χ0n) is 17.4. The number of primary amides is 1. The zero-order chi connectivity index (χ0) is 22.0. The molecule has 0 bridgehead atoms. The predicted octanol–water partition coefficient (Wildman–Crippen LogP) is 5.08. The van der Waals surface area contributed by atoms with Crippen molar-refractivity contribution in [2.75, 3.05) is 0 Å². The number of carbonyl (C=O) groups is 2. The summed E-state index contributed by atoms with van der Waals surface area (Å²) in [6, 6.07) is 17.3. The highest BCUT2D eigenvalue weighted by atomic mass is 16.1. The van der Waals surface area contributed by atoms with E-state index in [0.29, 0.717) is 17.0 Å². The highest BCUT2D eigenvalue weighted by Crippen LogP contribution is 2.26. The average molecular weight is 409 g/mol. The smallest absolute Gasteiger partial charge is 0.241 e. The van der Waals surface area contributed by atoms with Crippen LogP contribution in [0.4, 0.5) is 0 Å². The number of aromatic nitrogens is 2. The van der Waals surface area contributed by atoms with Crippen molar-refractivity contribution in [3.8, 4) is 11.1 Å². The van der Waals surface area contributed by atoms with Crippen molar-refractivity contribution < 1.29 is 9.59 Å². The lowest BCUT2D eigenvalue weighted by molar-refractivity contribution is -0.113. The summed E-state index contributed by atoms with van der Waals surface area (Å²) in [7, 11) is 0. The van der Waals surface area contributed by atoms with E-state index in [4.69, 9.17) is 5.73 Å². The van der Waals surface area contributed by atoms with E-state index in [-0.39, 0.29) is 5.78 Å². The van der Waals surface area contributed by atoms with E-state index >= 15 is 0 Å². The van der Waals surface area contributed by atoms with Gasteiger partial charge in [-0.05, 0) is 29.2 Å². The fourth-order valence-corrected chi connectivity index (χ4v) is 3.49. The van der Waals surface area contributed by atoms with Crippen molar-refractivity contribution in [2.24, 2.45) is 5.73 Å². The summed E-state index contributed by atoms with van der Waals surface area (Å²) in [5.74, 6) is -0.0706. The van der Waals surface area contributed by atoms with Crippen LogP contribution in [-0.4, -0.2) is 21.7 Å². The number of nitrogens with zero attached hydrogens (tertiary/aromatic N) is 1. The van der Waals surface area contributed by atoms with Gasteiger partial charge in [0.1, 0.15) is 5.65 Å². The highest BCUT2D eigenvalue weighted by molar-refractivity contribution is 6.09. The lowest BCUT2D eigenvalue weighted by atomic mass is 9.97. The number of aromatic amines is 1. The fourth-order valence-electron chi connectivity index (χ4n) is 3.49. The number of benzene rings is 2. The van der Waals surface area contributed by atoms with Crippen LogP contribution in [-0.2, 0) is 4.79 Å². The van der Waals surface area contributed by atoms with E-state index in [1.54, 1.807) is 18.5 Å². The van der Waals surface area contributed by atoms with Gasteiger partial charge in [0.2, 0.25) is 5.91 Å². The predicted molar refractivity (Wildman–Crippen MR) is 124 cm³/mol. The van der Waals surface area contributed by atoms with E-state index in [2.05, 4.69) is 23.8 Å². The minimum absolute atomic E-state index is 0.0000528. The van der Waals surface area contributed by atoms with Gasteiger partial charge < -0.3 is 10.7 Å². The average Bonchev–Trinajstić information content (AvgIpc) is 3.19. The molecule has 5 nitrogen and oxygen atoms in total. The van der Waals surface area contributed by atoms with Gasteiger partial charge in [-0.15, -0.1) is 0 Å². The molecule has 4 rings (SSSR count). The van der Waals surface area contributed by atoms with Gasteiger partial charge in [0.25, 0.3) is 0 Å². The molecular weight excluding hydrogens is 386 g/mol. The number of hydrogen-bond donors (Lipinski definition) is 2. The van der Waals surface area contributed by atoms with E-state index in [0.717, 1.165) is 27.7 Å². The van der Waals surface area contributed by atoms with Crippen LogP contribution in [0, 0.1) is 0 Å². The zero-order valence-corrected chi connectivity index (χ0v) is 17.4. The Morgan fingerprint density at radius 1 is 0.968 bits per heavy atom. The molecule has 154 valence electrons. The van der Waals surface area contributed by atoms with Crippen LogP contribution >= 0.6 is 0 Å². The maximum Gasteiger partial charge on any atom is 0.241 e. The summed E-state index contributed by atoms with van der Waals surface area (Å²) in [6.07, 6.45) is 6.55. The van der Waals surface area contributed by atoms with Crippen molar-refractivity contribution in [1.29, 1.82) is 0 Å². The second-order valence-electron chi connectivity index (χ2n) is 7.78. The van der Waals surface area contributed by atoms with Crippen molar-refractivity contribution in [1.82, 2.24) is 9.97 Å². The number of hydrogen-bond acceptors (Lipinski definition) is 3.